The van der Waals surface area contributed by atoms with Gasteiger partial charge < -0.3 is 9.47 Å². The average molecular weight is 320 g/mol. The number of carbonyl (C=O) groups excluding carboxylic acids is 4. The van der Waals surface area contributed by atoms with Crippen LogP contribution in [0.4, 0.5) is 0 Å². The largest absolute Gasteiger partial charge is 0.460 e. The number of hydrogen-bond acceptors (Lipinski definition) is 6. The summed E-state index contributed by atoms with van der Waals surface area (Å²) in [5, 5.41) is 0. The molecule has 1 spiro atoms. The molecule has 0 aromatic carbocycles. The van der Waals surface area contributed by atoms with E-state index in [9.17, 15) is 19.2 Å². The Bertz CT molecular complexity index is 662. The van der Waals surface area contributed by atoms with Gasteiger partial charge in [-0.3, -0.25) is 19.2 Å². The Morgan fingerprint density at radius 3 is 2.48 bits per heavy atom. The van der Waals surface area contributed by atoms with Crippen molar-refractivity contribution in [2.75, 3.05) is 0 Å². The molecule has 3 rings (SSSR count). The number of cyclic esters (lactones) is 2. The summed E-state index contributed by atoms with van der Waals surface area (Å²) in [5.74, 6) is -2.60. The van der Waals surface area contributed by atoms with Crippen molar-refractivity contribution in [2.45, 2.75) is 46.6 Å². The van der Waals surface area contributed by atoms with Crippen molar-refractivity contribution in [3.05, 3.63) is 11.6 Å². The minimum atomic E-state index is -1.23. The lowest BCUT2D eigenvalue weighted by molar-refractivity contribution is -0.171. The molecule has 1 heterocycles. The predicted molar refractivity (Wildman–Crippen MR) is 77.8 cm³/mol. The number of esters is 3. The molecular weight excluding hydrogens is 300 g/mol. The van der Waals surface area contributed by atoms with E-state index in [1.54, 1.807) is 13.0 Å². The van der Waals surface area contributed by atoms with Gasteiger partial charge in [-0.25, -0.2) is 0 Å². The van der Waals surface area contributed by atoms with Crippen LogP contribution in [0.2, 0.25) is 0 Å². The number of hydrogen-bond donors (Lipinski definition) is 0. The Balaban J connectivity index is 2.21. The fourth-order valence-electron chi connectivity index (χ4n) is 4.46. The molecule has 0 bridgehead atoms. The number of allylic oxidation sites excluding steroid dienone is 1. The molecule has 5 atom stereocenters. The molecule has 0 N–H and O–H groups in total. The molecule has 0 radical (unpaired) electrons. The van der Waals surface area contributed by atoms with Crippen molar-refractivity contribution < 1.29 is 28.7 Å². The van der Waals surface area contributed by atoms with Crippen LogP contribution in [-0.2, 0) is 28.7 Å². The van der Waals surface area contributed by atoms with Crippen molar-refractivity contribution in [3.63, 3.8) is 0 Å². The van der Waals surface area contributed by atoms with Crippen molar-refractivity contribution in [1.82, 2.24) is 0 Å². The van der Waals surface area contributed by atoms with Gasteiger partial charge in [0.25, 0.3) is 0 Å². The van der Waals surface area contributed by atoms with Gasteiger partial charge in [-0.15, -0.1) is 0 Å². The van der Waals surface area contributed by atoms with Crippen LogP contribution in [0, 0.1) is 22.7 Å². The number of carbonyl (C=O) groups is 4. The highest BCUT2D eigenvalue weighted by molar-refractivity contribution is 6.01. The molecule has 2 aliphatic carbocycles. The molecule has 1 saturated heterocycles. The summed E-state index contributed by atoms with van der Waals surface area (Å²) in [6, 6.07) is 0. The van der Waals surface area contributed by atoms with Crippen molar-refractivity contribution in [2.24, 2.45) is 22.7 Å². The molecule has 1 unspecified atom stereocenters. The molecule has 1 saturated carbocycles. The van der Waals surface area contributed by atoms with E-state index in [2.05, 4.69) is 0 Å². The summed E-state index contributed by atoms with van der Waals surface area (Å²) >= 11 is 0. The highest BCUT2D eigenvalue weighted by Gasteiger charge is 2.72. The Morgan fingerprint density at radius 1 is 1.30 bits per heavy atom. The van der Waals surface area contributed by atoms with Crippen molar-refractivity contribution in [3.8, 4) is 0 Å². The lowest BCUT2D eigenvalue weighted by Gasteiger charge is -2.42. The first-order valence-electron chi connectivity index (χ1n) is 7.81. The van der Waals surface area contributed by atoms with Crippen LogP contribution in [0.15, 0.2) is 11.6 Å². The summed E-state index contributed by atoms with van der Waals surface area (Å²) in [4.78, 5) is 48.1. The minimum absolute atomic E-state index is 0.00561. The lowest BCUT2D eigenvalue weighted by atomic mass is 9.64. The summed E-state index contributed by atoms with van der Waals surface area (Å²) in [7, 11) is 0. The van der Waals surface area contributed by atoms with Gasteiger partial charge in [-0.2, -0.15) is 0 Å². The predicted octanol–water partition coefficient (Wildman–Crippen LogP) is 1.57. The Hall–Kier alpha value is -1.98. The maximum atomic E-state index is 12.5. The van der Waals surface area contributed by atoms with E-state index in [0.717, 1.165) is 5.57 Å². The molecule has 23 heavy (non-hydrogen) atoms. The van der Waals surface area contributed by atoms with Crippen LogP contribution < -0.4 is 0 Å². The van der Waals surface area contributed by atoms with Gasteiger partial charge in [0.05, 0.1) is 5.92 Å². The zero-order chi connectivity index (χ0) is 17.2. The SMILES string of the molecule is CC(=O)O[C@H]1[C@@]2(C)C(=CC(=O)C[C@@H]2C)C[C@]12C(=O)OC(=O)C2C. The number of rotatable bonds is 1. The molecular formula is C17H20O6. The van der Waals surface area contributed by atoms with Gasteiger partial charge >= 0.3 is 17.9 Å². The van der Waals surface area contributed by atoms with Crippen molar-refractivity contribution in [1.29, 1.82) is 0 Å². The van der Waals surface area contributed by atoms with E-state index in [1.165, 1.54) is 6.92 Å². The number of ether oxygens (including phenoxy) is 2. The first kappa shape index (κ1) is 15.9. The highest BCUT2D eigenvalue weighted by Crippen LogP contribution is 2.64. The Labute approximate surface area is 134 Å². The topological polar surface area (TPSA) is 86.7 Å². The van der Waals surface area contributed by atoms with Gasteiger partial charge in [0.2, 0.25) is 0 Å². The zero-order valence-corrected chi connectivity index (χ0v) is 13.7. The lowest BCUT2D eigenvalue weighted by Crippen LogP contribution is -2.50. The van der Waals surface area contributed by atoms with Gasteiger partial charge in [0.15, 0.2) is 5.78 Å². The quantitative estimate of drug-likeness (QED) is 0.538. The number of ketones is 1. The fraction of sp³-hybridized carbons (Fsp3) is 0.647. The second-order valence-electron chi connectivity index (χ2n) is 7.16. The fourth-order valence-corrected chi connectivity index (χ4v) is 4.46. The van der Waals surface area contributed by atoms with E-state index in [-0.39, 0.29) is 18.1 Å². The van der Waals surface area contributed by atoms with E-state index in [1.807, 2.05) is 13.8 Å². The molecule has 6 nitrogen and oxygen atoms in total. The first-order chi connectivity index (χ1) is 10.6. The highest BCUT2D eigenvalue weighted by atomic mass is 16.6. The second kappa shape index (κ2) is 4.76. The molecule has 124 valence electrons. The van der Waals surface area contributed by atoms with Gasteiger partial charge in [0, 0.05) is 18.8 Å². The third kappa shape index (κ3) is 1.87. The van der Waals surface area contributed by atoms with E-state index >= 15 is 0 Å². The molecule has 2 fully saturated rings. The summed E-state index contributed by atoms with van der Waals surface area (Å²) in [6.07, 6.45) is 1.28. The van der Waals surface area contributed by atoms with E-state index in [4.69, 9.17) is 9.47 Å². The monoisotopic (exact) mass is 320 g/mol. The van der Waals surface area contributed by atoms with Gasteiger partial charge in [-0.1, -0.05) is 26.3 Å². The summed E-state index contributed by atoms with van der Waals surface area (Å²) in [5.41, 5.74) is -1.12. The minimum Gasteiger partial charge on any atom is -0.460 e. The van der Waals surface area contributed by atoms with Crippen molar-refractivity contribution >= 4 is 23.7 Å². The van der Waals surface area contributed by atoms with E-state index < -0.39 is 40.8 Å². The van der Waals surface area contributed by atoms with Crippen LogP contribution in [0.25, 0.3) is 0 Å². The molecule has 0 aromatic heterocycles. The summed E-state index contributed by atoms with van der Waals surface area (Å²) in [6.45, 7) is 6.72. The van der Waals surface area contributed by atoms with Crippen LogP contribution in [0.5, 0.6) is 0 Å². The van der Waals surface area contributed by atoms with Crippen LogP contribution in [-0.4, -0.2) is 29.8 Å². The Morgan fingerprint density at radius 2 is 1.96 bits per heavy atom. The Kier molecular flexibility index (Phi) is 3.29. The smallest absolute Gasteiger partial charge is 0.324 e. The standard InChI is InChI=1S/C17H20O6/c1-8-5-12(19)6-11-7-17(9(2)13(20)23-15(17)21)14(16(8,11)4)22-10(3)18/h6,8-9,14H,5,7H2,1-4H3/t8-,9?,14-,16+,17+/m0/s1. The molecule has 0 amide bonds. The maximum absolute atomic E-state index is 12.5. The van der Waals surface area contributed by atoms with Crippen LogP contribution >= 0.6 is 0 Å². The van der Waals surface area contributed by atoms with Gasteiger partial charge in [-0.05, 0) is 18.4 Å². The number of fused-ring (bicyclic) bond motifs is 1. The van der Waals surface area contributed by atoms with Crippen LogP contribution in [0.3, 0.4) is 0 Å². The molecule has 6 heteroatoms. The summed E-state index contributed by atoms with van der Waals surface area (Å²) < 4.78 is 10.4. The maximum Gasteiger partial charge on any atom is 0.324 e. The molecule has 0 aromatic rings. The normalized spacial score (nSPS) is 42.5. The van der Waals surface area contributed by atoms with Gasteiger partial charge in [0.1, 0.15) is 11.5 Å². The molecule has 1 aliphatic heterocycles. The zero-order valence-electron chi connectivity index (χ0n) is 13.7. The second-order valence-corrected chi connectivity index (χ2v) is 7.16. The third-order valence-corrected chi connectivity index (χ3v) is 6.04. The third-order valence-electron chi connectivity index (χ3n) is 6.04. The molecule has 3 aliphatic rings. The van der Waals surface area contributed by atoms with E-state index in [0.29, 0.717) is 6.42 Å². The first-order valence-corrected chi connectivity index (χ1v) is 7.81. The van der Waals surface area contributed by atoms with Crippen LogP contribution in [0.1, 0.15) is 40.5 Å². The average Bonchev–Trinajstić information content (AvgIpc) is 2.81.